The van der Waals surface area contributed by atoms with Crippen LogP contribution in [0.25, 0.3) is 0 Å². The fourth-order valence-electron chi connectivity index (χ4n) is 0.645. The first-order valence-electron chi connectivity index (χ1n) is 3.72. The Hall–Kier alpha value is -0.425. The average molecular weight is 166 g/mol. The molecule has 1 rings (SSSR count). The maximum atomic E-state index is 5.69. The predicted molar refractivity (Wildman–Crippen MR) is 52.9 cm³/mol. The van der Waals surface area contributed by atoms with Crippen LogP contribution in [-0.2, 0) is 0 Å². The SMILES string of the molecule is CC.[B]c1c(C)cccc1Cl. The standard InChI is InChI=1S/C7H6BCl.C2H6/c1-5-3-2-4-6(9)7(5)8;1-2/h2-4H,1H3;1-2H3. The van der Waals surface area contributed by atoms with Crippen molar-refractivity contribution >= 4 is 24.9 Å². The van der Waals surface area contributed by atoms with Gasteiger partial charge in [0.25, 0.3) is 0 Å². The van der Waals surface area contributed by atoms with E-state index in [0.29, 0.717) is 10.5 Å². The topological polar surface area (TPSA) is 0 Å². The number of rotatable bonds is 0. The van der Waals surface area contributed by atoms with Crippen molar-refractivity contribution in [3.05, 3.63) is 28.8 Å². The molecule has 0 atom stereocenters. The third-order valence-electron chi connectivity index (χ3n) is 1.27. The van der Waals surface area contributed by atoms with E-state index in [1.165, 1.54) is 0 Å². The Labute approximate surface area is 75.0 Å². The zero-order valence-electron chi connectivity index (χ0n) is 7.19. The molecule has 0 nitrogen and oxygen atoms in total. The second-order valence-corrected chi connectivity index (χ2v) is 2.38. The Balaban J connectivity index is 0.000000461. The molecule has 2 radical (unpaired) electrons. The van der Waals surface area contributed by atoms with E-state index in [-0.39, 0.29) is 0 Å². The highest BCUT2D eigenvalue weighted by molar-refractivity contribution is 6.45. The zero-order chi connectivity index (χ0) is 8.85. The lowest BCUT2D eigenvalue weighted by Crippen LogP contribution is -2.07. The third kappa shape index (κ3) is 2.98. The van der Waals surface area contributed by atoms with E-state index >= 15 is 0 Å². The molecule has 0 saturated heterocycles. The van der Waals surface area contributed by atoms with Crippen molar-refractivity contribution in [3.8, 4) is 0 Å². The lowest BCUT2D eigenvalue weighted by molar-refractivity contribution is 1.50. The fourth-order valence-corrected chi connectivity index (χ4v) is 0.867. The van der Waals surface area contributed by atoms with Gasteiger partial charge in [-0.3, -0.25) is 0 Å². The number of halogens is 1. The van der Waals surface area contributed by atoms with Gasteiger partial charge < -0.3 is 0 Å². The van der Waals surface area contributed by atoms with Crippen LogP contribution < -0.4 is 5.46 Å². The Morgan fingerprint density at radius 1 is 1.27 bits per heavy atom. The zero-order valence-corrected chi connectivity index (χ0v) is 7.94. The molecule has 0 bridgehead atoms. The molecule has 0 spiro atoms. The van der Waals surface area contributed by atoms with Gasteiger partial charge in [-0.1, -0.05) is 48.6 Å². The molecule has 0 aliphatic carbocycles. The molecule has 2 heteroatoms. The van der Waals surface area contributed by atoms with E-state index in [1.807, 2.05) is 32.9 Å². The van der Waals surface area contributed by atoms with Crippen LogP contribution in [0, 0.1) is 6.92 Å². The van der Waals surface area contributed by atoms with Crippen LogP contribution in [0.3, 0.4) is 0 Å². The van der Waals surface area contributed by atoms with Crippen LogP contribution in [0.1, 0.15) is 19.4 Å². The molecule has 0 heterocycles. The summed E-state index contributed by atoms with van der Waals surface area (Å²) in [5.41, 5.74) is 1.71. The van der Waals surface area contributed by atoms with Crippen LogP contribution in [-0.4, -0.2) is 7.85 Å². The molecule has 58 valence electrons. The van der Waals surface area contributed by atoms with Crippen LogP contribution in [0.15, 0.2) is 18.2 Å². The first kappa shape index (κ1) is 10.6. The average Bonchev–Trinajstić information content (AvgIpc) is 2.04. The molecule has 0 aliphatic rings. The highest BCUT2D eigenvalue weighted by Gasteiger charge is 1.93. The summed E-state index contributed by atoms with van der Waals surface area (Å²) >= 11 is 5.69. The molecule has 0 fully saturated rings. The van der Waals surface area contributed by atoms with Gasteiger partial charge in [-0.15, -0.1) is 0 Å². The summed E-state index contributed by atoms with van der Waals surface area (Å²) in [5, 5.41) is 0.634. The van der Waals surface area contributed by atoms with Gasteiger partial charge in [0.1, 0.15) is 7.85 Å². The van der Waals surface area contributed by atoms with E-state index in [1.54, 1.807) is 6.07 Å². The van der Waals surface area contributed by atoms with Gasteiger partial charge in [0.2, 0.25) is 0 Å². The fraction of sp³-hybridized carbons (Fsp3) is 0.333. The maximum Gasteiger partial charge on any atom is 0.116 e. The second-order valence-electron chi connectivity index (χ2n) is 1.97. The summed E-state index contributed by atoms with van der Waals surface area (Å²) in [6.07, 6.45) is 0. The molecular formula is C9H12BCl. The van der Waals surface area contributed by atoms with E-state index in [0.717, 1.165) is 5.56 Å². The summed E-state index contributed by atoms with van der Waals surface area (Å²) < 4.78 is 0. The van der Waals surface area contributed by atoms with Crippen LogP contribution in [0.5, 0.6) is 0 Å². The first-order valence-corrected chi connectivity index (χ1v) is 4.10. The smallest absolute Gasteiger partial charge is 0.0850 e. The van der Waals surface area contributed by atoms with E-state index in [2.05, 4.69) is 0 Å². The van der Waals surface area contributed by atoms with Crippen LogP contribution in [0.2, 0.25) is 5.02 Å². The lowest BCUT2D eigenvalue weighted by atomic mass is 9.91. The Bertz CT molecular complexity index is 201. The highest BCUT2D eigenvalue weighted by Crippen LogP contribution is 2.04. The largest absolute Gasteiger partial charge is 0.116 e. The third-order valence-corrected chi connectivity index (χ3v) is 1.60. The van der Waals surface area contributed by atoms with Crippen LogP contribution >= 0.6 is 11.6 Å². The Kier molecular flexibility index (Phi) is 5.05. The molecule has 0 unspecified atom stereocenters. The van der Waals surface area contributed by atoms with E-state index in [4.69, 9.17) is 19.4 Å². The lowest BCUT2D eigenvalue weighted by Gasteiger charge is -1.99. The number of hydrogen-bond donors (Lipinski definition) is 0. The minimum Gasteiger partial charge on any atom is -0.0850 e. The van der Waals surface area contributed by atoms with Gasteiger partial charge in [0, 0.05) is 5.02 Å². The summed E-state index contributed by atoms with van der Waals surface area (Å²) in [6, 6.07) is 5.60. The molecule has 1 aromatic rings. The summed E-state index contributed by atoms with van der Waals surface area (Å²) in [4.78, 5) is 0. The molecule has 0 aliphatic heterocycles. The number of hydrogen-bond acceptors (Lipinski definition) is 0. The van der Waals surface area contributed by atoms with Gasteiger partial charge in [-0.25, -0.2) is 0 Å². The van der Waals surface area contributed by atoms with Gasteiger partial charge in [0.15, 0.2) is 0 Å². The van der Waals surface area contributed by atoms with E-state index in [9.17, 15) is 0 Å². The van der Waals surface area contributed by atoms with Crippen molar-refractivity contribution in [1.82, 2.24) is 0 Å². The van der Waals surface area contributed by atoms with Crippen LogP contribution in [0.4, 0.5) is 0 Å². The highest BCUT2D eigenvalue weighted by atomic mass is 35.5. The number of benzene rings is 1. The first-order chi connectivity index (χ1) is 5.22. The van der Waals surface area contributed by atoms with Gasteiger partial charge in [0.05, 0.1) is 0 Å². The monoisotopic (exact) mass is 166 g/mol. The summed E-state index contributed by atoms with van der Waals surface area (Å²) in [7, 11) is 5.55. The Morgan fingerprint density at radius 2 is 1.82 bits per heavy atom. The summed E-state index contributed by atoms with van der Waals surface area (Å²) in [6.45, 7) is 5.93. The van der Waals surface area contributed by atoms with Crippen molar-refractivity contribution < 1.29 is 0 Å². The molecule has 0 N–H and O–H groups in total. The molecular weight excluding hydrogens is 154 g/mol. The van der Waals surface area contributed by atoms with Crippen molar-refractivity contribution in [2.75, 3.05) is 0 Å². The molecule has 1 aromatic carbocycles. The van der Waals surface area contributed by atoms with Crippen molar-refractivity contribution in [2.45, 2.75) is 20.8 Å². The van der Waals surface area contributed by atoms with Gasteiger partial charge in [-0.05, 0) is 13.0 Å². The summed E-state index contributed by atoms with van der Waals surface area (Å²) in [5.74, 6) is 0. The quantitative estimate of drug-likeness (QED) is 0.520. The maximum absolute atomic E-state index is 5.69. The Morgan fingerprint density at radius 3 is 2.18 bits per heavy atom. The molecule has 0 aromatic heterocycles. The van der Waals surface area contributed by atoms with Crippen molar-refractivity contribution in [1.29, 1.82) is 0 Å². The minimum absolute atomic E-state index is 0.634. The normalized spacial score (nSPS) is 8.36. The van der Waals surface area contributed by atoms with Crippen molar-refractivity contribution in [3.63, 3.8) is 0 Å². The van der Waals surface area contributed by atoms with Gasteiger partial charge in [-0.2, -0.15) is 0 Å². The second kappa shape index (κ2) is 5.25. The molecule has 11 heavy (non-hydrogen) atoms. The molecule has 0 amide bonds. The predicted octanol–water partition coefficient (Wildman–Crippen LogP) is 2.47. The van der Waals surface area contributed by atoms with Gasteiger partial charge >= 0.3 is 0 Å². The number of aryl methyl sites for hydroxylation is 1. The molecule has 0 saturated carbocycles. The van der Waals surface area contributed by atoms with E-state index < -0.39 is 0 Å². The van der Waals surface area contributed by atoms with Crippen molar-refractivity contribution in [2.24, 2.45) is 0 Å². The minimum atomic E-state index is 0.634.